The van der Waals surface area contributed by atoms with Crippen LogP contribution in [-0.4, -0.2) is 21.7 Å². The van der Waals surface area contributed by atoms with E-state index in [1.807, 2.05) is 0 Å². The van der Waals surface area contributed by atoms with E-state index in [-0.39, 0.29) is 11.1 Å². The molecular formula is C8H12N4O2. The fraction of sp³-hybridized carbons (Fsp3) is 0.625. The fourth-order valence-electron chi connectivity index (χ4n) is 1.60. The number of hydrogen-bond acceptors (Lipinski definition) is 4. The fourth-order valence-corrected chi connectivity index (χ4v) is 1.60. The Bertz CT molecular complexity index is 356. The van der Waals surface area contributed by atoms with Crippen LogP contribution in [0.3, 0.4) is 0 Å². The molecule has 0 atom stereocenters. The SMILES string of the molecule is NCC1(Cc2[nH]ncc2[N+](=O)[O-])CC1. The molecule has 0 spiro atoms. The van der Waals surface area contributed by atoms with Crippen LogP contribution in [0.1, 0.15) is 18.5 Å². The van der Waals surface area contributed by atoms with Gasteiger partial charge in [0.25, 0.3) is 0 Å². The van der Waals surface area contributed by atoms with E-state index in [1.165, 1.54) is 6.20 Å². The van der Waals surface area contributed by atoms with Gasteiger partial charge in [0.15, 0.2) is 0 Å². The minimum Gasteiger partial charge on any atom is -0.330 e. The minimum absolute atomic E-state index is 0.0738. The van der Waals surface area contributed by atoms with Crippen molar-refractivity contribution in [2.45, 2.75) is 19.3 Å². The number of aromatic nitrogens is 2. The second kappa shape index (κ2) is 3.06. The number of nitrogens with one attached hydrogen (secondary N) is 1. The van der Waals surface area contributed by atoms with Crippen LogP contribution in [0.5, 0.6) is 0 Å². The summed E-state index contributed by atoms with van der Waals surface area (Å²) >= 11 is 0. The predicted octanol–water partition coefficient (Wildman–Crippen LogP) is 0.599. The van der Waals surface area contributed by atoms with Crippen LogP contribution in [0.15, 0.2) is 6.20 Å². The van der Waals surface area contributed by atoms with Crippen LogP contribution in [0.2, 0.25) is 0 Å². The van der Waals surface area contributed by atoms with Gasteiger partial charge in [-0.2, -0.15) is 5.10 Å². The highest BCUT2D eigenvalue weighted by Gasteiger charge is 2.43. The molecule has 1 aliphatic carbocycles. The Kier molecular flexibility index (Phi) is 1.99. The quantitative estimate of drug-likeness (QED) is 0.544. The summed E-state index contributed by atoms with van der Waals surface area (Å²) in [5.41, 5.74) is 6.37. The highest BCUT2D eigenvalue weighted by molar-refractivity contribution is 5.33. The van der Waals surface area contributed by atoms with Gasteiger partial charge in [0.2, 0.25) is 0 Å². The number of nitrogens with zero attached hydrogens (tertiary/aromatic N) is 2. The highest BCUT2D eigenvalue weighted by Crippen LogP contribution is 2.47. The van der Waals surface area contributed by atoms with Crippen LogP contribution in [0, 0.1) is 15.5 Å². The topological polar surface area (TPSA) is 97.8 Å². The lowest BCUT2D eigenvalue weighted by atomic mass is 10.0. The zero-order valence-electron chi connectivity index (χ0n) is 7.69. The van der Waals surface area contributed by atoms with E-state index in [0.29, 0.717) is 18.7 Å². The van der Waals surface area contributed by atoms with Crippen molar-refractivity contribution in [3.05, 3.63) is 22.0 Å². The predicted molar refractivity (Wildman–Crippen MR) is 49.7 cm³/mol. The summed E-state index contributed by atoms with van der Waals surface area (Å²) in [4.78, 5) is 10.2. The van der Waals surface area contributed by atoms with Crippen molar-refractivity contribution >= 4 is 5.69 Å². The molecule has 1 saturated carbocycles. The molecule has 76 valence electrons. The number of hydrogen-bond donors (Lipinski definition) is 2. The molecule has 0 bridgehead atoms. The first-order chi connectivity index (χ1) is 6.67. The van der Waals surface area contributed by atoms with Gasteiger partial charge in [-0.25, -0.2) is 0 Å². The van der Waals surface area contributed by atoms with Crippen molar-refractivity contribution < 1.29 is 4.92 Å². The lowest BCUT2D eigenvalue weighted by Crippen LogP contribution is -2.18. The Hall–Kier alpha value is -1.43. The third kappa shape index (κ3) is 1.48. The molecule has 1 heterocycles. The number of nitro groups is 1. The third-order valence-electron chi connectivity index (χ3n) is 2.83. The van der Waals surface area contributed by atoms with Gasteiger partial charge in [0, 0.05) is 6.42 Å². The summed E-state index contributed by atoms with van der Waals surface area (Å²) in [6, 6.07) is 0. The molecule has 1 aromatic heterocycles. The van der Waals surface area contributed by atoms with Gasteiger partial charge in [-0.1, -0.05) is 0 Å². The minimum atomic E-state index is -0.411. The summed E-state index contributed by atoms with van der Waals surface area (Å²) in [6.45, 7) is 0.586. The van der Waals surface area contributed by atoms with E-state index < -0.39 is 4.92 Å². The summed E-state index contributed by atoms with van der Waals surface area (Å²) in [6.07, 6.45) is 4.00. The molecule has 0 aromatic carbocycles. The summed E-state index contributed by atoms with van der Waals surface area (Å²) in [5.74, 6) is 0. The first-order valence-electron chi connectivity index (χ1n) is 4.54. The summed E-state index contributed by atoms with van der Waals surface area (Å²) < 4.78 is 0. The van der Waals surface area contributed by atoms with Crippen molar-refractivity contribution in [1.82, 2.24) is 10.2 Å². The Morgan fingerprint density at radius 3 is 2.93 bits per heavy atom. The Labute approximate surface area is 80.6 Å². The Morgan fingerprint density at radius 1 is 1.71 bits per heavy atom. The molecule has 1 aliphatic rings. The van der Waals surface area contributed by atoms with Gasteiger partial charge < -0.3 is 5.73 Å². The Balaban J connectivity index is 2.16. The molecule has 1 fully saturated rings. The second-order valence-corrected chi connectivity index (χ2v) is 3.87. The van der Waals surface area contributed by atoms with E-state index in [4.69, 9.17) is 5.73 Å². The molecular weight excluding hydrogens is 184 g/mol. The molecule has 0 aliphatic heterocycles. The van der Waals surface area contributed by atoms with Crippen LogP contribution >= 0.6 is 0 Å². The van der Waals surface area contributed by atoms with Crippen LogP contribution in [-0.2, 0) is 6.42 Å². The van der Waals surface area contributed by atoms with E-state index in [9.17, 15) is 10.1 Å². The first-order valence-corrected chi connectivity index (χ1v) is 4.54. The van der Waals surface area contributed by atoms with Gasteiger partial charge in [-0.05, 0) is 24.8 Å². The maximum Gasteiger partial charge on any atom is 0.309 e. The number of rotatable bonds is 4. The smallest absolute Gasteiger partial charge is 0.309 e. The lowest BCUT2D eigenvalue weighted by Gasteiger charge is -2.08. The lowest BCUT2D eigenvalue weighted by molar-refractivity contribution is -0.385. The standard InChI is InChI=1S/C8H12N4O2/c9-5-8(1-2-8)3-6-7(12(13)14)4-10-11-6/h4H,1-3,5,9H2,(H,10,11). The molecule has 3 N–H and O–H groups in total. The molecule has 6 nitrogen and oxygen atoms in total. The maximum absolute atomic E-state index is 10.6. The summed E-state index contributed by atoms with van der Waals surface area (Å²) in [5, 5.41) is 16.9. The van der Waals surface area contributed by atoms with Crippen LogP contribution in [0.4, 0.5) is 5.69 Å². The van der Waals surface area contributed by atoms with Gasteiger partial charge >= 0.3 is 5.69 Å². The van der Waals surface area contributed by atoms with E-state index in [1.54, 1.807) is 0 Å². The molecule has 0 radical (unpaired) electrons. The number of nitrogens with two attached hydrogens (primary N) is 1. The Morgan fingerprint density at radius 2 is 2.43 bits per heavy atom. The van der Waals surface area contributed by atoms with Crippen LogP contribution < -0.4 is 5.73 Å². The van der Waals surface area contributed by atoms with Gasteiger partial charge in [-0.15, -0.1) is 0 Å². The number of H-pyrrole nitrogens is 1. The molecule has 0 unspecified atom stereocenters. The highest BCUT2D eigenvalue weighted by atomic mass is 16.6. The molecule has 14 heavy (non-hydrogen) atoms. The van der Waals surface area contributed by atoms with Crippen molar-refractivity contribution in [1.29, 1.82) is 0 Å². The maximum atomic E-state index is 10.6. The second-order valence-electron chi connectivity index (χ2n) is 3.87. The summed E-state index contributed by atoms with van der Waals surface area (Å²) in [7, 11) is 0. The molecule has 2 rings (SSSR count). The van der Waals surface area contributed by atoms with Crippen molar-refractivity contribution in [3.8, 4) is 0 Å². The normalized spacial score (nSPS) is 18.1. The van der Waals surface area contributed by atoms with Gasteiger partial charge in [0.1, 0.15) is 11.9 Å². The van der Waals surface area contributed by atoms with Gasteiger partial charge in [-0.3, -0.25) is 15.2 Å². The van der Waals surface area contributed by atoms with Crippen molar-refractivity contribution in [2.75, 3.05) is 6.54 Å². The van der Waals surface area contributed by atoms with E-state index in [2.05, 4.69) is 10.2 Å². The monoisotopic (exact) mass is 196 g/mol. The first kappa shape index (κ1) is 9.14. The van der Waals surface area contributed by atoms with E-state index in [0.717, 1.165) is 12.8 Å². The average Bonchev–Trinajstić information content (AvgIpc) is 2.76. The molecule has 0 amide bonds. The van der Waals surface area contributed by atoms with Crippen LogP contribution in [0.25, 0.3) is 0 Å². The average molecular weight is 196 g/mol. The van der Waals surface area contributed by atoms with Crippen molar-refractivity contribution in [3.63, 3.8) is 0 Å². The molecule has 1 aromatic rings. The number of aromatic amines is 1. The third-order valence-corrected chi connectivity index (χ3v) is 2.83. The van der Waals surface area contributed by atoms with E-state index >= 15 is 0 Å². The van der Waals surface area contributed by atoms with Gasteiger partial charge in [0.05, 0.1) is 4.92 Å². The zero-order chi connectivity index (χ0) is 10.2. The molecule has 6 heteroatoms. The van der Waals surface area contributed by atoms with Crippen molar-refractivity contribution in [2.24, 2.45) is 11.1 Å². The zero-order valence-corrected chi connectivity index (χ0v) is 7.69. The molecule has 0 saturated heterocycles. The largest absolute Gasteiger partial charge is 0.330 e.